The van der Waals surface area contributed by atoms with Crippen LogP contribution >= 0.6 is 0 Å². The van der Waals surface area contributed by atoms with E-state index >= 15 is 0 Å². The third-order valence-electron chi connectivity index (χ3n) is 2.90. The van der Waals surface area contributed by atoms with E-state index in [9.17, 15) is 5.11 Å². The van der Waals surface area contributed by atoms with Crippen molar-refractivity contribution in [1.82, 2.24) is 0 Å². The molecule has 2 rings (SSSR count). The van der Waals surface area contributed by atoms with Crippen molar-refractivity contribution in [3.8, 4) is 0 Å². The Morgan fingerprint density at radius 3 is 2.40 bits per heavy atom. The fraction of sp³-hybridized carbons (Fsp3) is 0.462. The lowest BCUT2D eigenvalue weighted by atomic mass is 9.93. The largest absolute Gasteiger partial charge is 0.393 e. The molecule has 0 atom stereocenters. The molecule has 0 bridgehead atoms. The highest BCUT2D eigenvalue weighted by atomic mass is 16.3. The molecule has 0 unspecified atom stereocenters. The van der Waals surface area contributed by atoms with Gasteiger partial charge in [0, 0.05) is 6.21 Å². The monoisotopic (exact) mass is 203 g/mol. The van der Waals surface area contributed by atoms with Crippen molar-refractivity contribution >= 4 is 6.21 Å². The van der Waals surface area contributed by atoms with E-state index in [1.807, 2.05) is 24.4 Å². The Morgan fingerprint density at radius 2 is 1.73 bits per heavy atom. The third kappa shape index (κ3) is 3.17. The zero-order chi connectivity index (χ0) is 10.5. The van der Waals surface area contributed by atoms with Crippen molar-refractivity contribution < 1.29 is 5.11 Å². The third-order valence-corrected chi connectivity index (χ3v) is 2.90. The first-order chi connectivity index (χ1) is 7.34. The van der Waals surface area contributed by atoms with Gasteiger partial charge in [0.25, 0.3) is 0 Å². The van der Waals surface area contributed by atoms with Crippen LogP contribution < -0.4 is 0 Å². The zero-order valence-electron chi connectivity index (χ0n) is 8.84. The van der Waals surface area contributed by atoms with Crippen molar-refractivity contribution in [2.24, 2.45) is 4.99 Å². The molecule has 1 saturated carbocycles. The maximum Gasteiger partial charge on any atom is 0.0541 e. The van der Waals surface area contributed by atoms with Gasteiger partial charge < -0.3 is 5.11 Å². The van der Waals surface area contributed by atoms with Crippen molar-refractivity contribution in [2.75, 3.05) is 0 Å². The maximum absolute atomic E-state index is 9.36. The Bertz CT molecular complexity index is 313. The lowest BCUT2D eigenvalue weighted by Crippen LogP contribution is -2.20. The number of aliphatic hydroxyl groups excluding tert-OH is 1. The van der Waals surface area contributed by atoms with Crippen LogP contribution in [0, 0.1) is 0 Å². The number of rotatable bonds is 2. The molecule has 1 N–H and O–H groups in total. The zero-order valence-corrected chi connectivity index (χ0v) is 8.84. The fourth-order valence-corrected chi connectivity index (χ4v) is 1.94. The number of hydrogen-bond donors (Lipinski definition) is 1. The van der Waals surface area contributed by atoms with Gasteiger partial charge >= 0.3 is 0 Å². The van der Waals surface area contributed by atoms with E-state index in [1.165, 1.54) is 0 Å². The molecule has 2 nitrogen and oxygen atoms in total. The fourth-order valence-electron chi connectivity index (χ4n) is 1.94. The normalized spacial score (nSPS) is 27.0. The minimum atomic E-state index is -0.0897. The lowest BCUT2D eigenvalue weighted by Gasteiger charge is -2.22. The van der Waals surface area contributed by atoms with Crippen molar-refractivity contribution in [3.05, 3.63) is 35.9 Å². The molecule has 1 fully saturated rings. The lowest BCUT2D eigenvalue weighted by molar-refractivity contribution is 0.123. The van der Waals surface area contributed by atoms with Gasteiger partial charge in [0.1, 0.15) is 0 Å². The summed E-state index contributed by atoms with van der Waals surface area (Å²) in [6.45, 7) is 0. The molecule has 2 heteroatoms. The molecule has 1 aliphatic carbocycles. The van der Waals surface area contributed by atoms with E-state index in [1.54, 1.807) is 0 Å². The first-order valence-corrected chi connectivity index (χ1v) is 5.61. The molecular weight excluding hydrogens is 186 g/mol. The summed E-state index contributed by atoms with van der Waals surface area (Å²) in [4.78, 5) is 4.55. The Balaban J connectivity index is 1.89. The second-order valence-corrected chi connectivity index (χ2v) is 4.15. The molecule has 0 aromatic heterocycles. The van der Waals surface area contributed by atoms with Gasteiger partial charge in [-0.25, -0.2) is 0 Å². The Hall–Kier alpha value is -1.15. The maximum atomic E-state index is 9.36. The first-order valence-electron chi connectivity index (χ1n) is 5.61. The molecule has 0 saturated heterocycles. The van der Waals surface area contributed by atoms with Gasteiger partial charge in [0.15, 0.2) is 0 Å². The van der Waals surface area contributed by atoms with Crippen molar-refractivity contribution in [3.63, 3.8) is 0 Å². The minimum absolute atomic E-state index is 0.0897. The quantitative estimate of drug-likeness (QED) is 0.735. The van der Waals surface area contributed by atoms with E-state index in [0.717, 1.165) is 31.2 Å². The summed E-state index contributed by atoms with van der Waals surface area (Å²) in [6.07, 6.45) is 5.69. The molecule has 15 heavy (non-hydrogen) atoms. The van der Waals surface area contributed by atoms with E-state index in [-0.39, 0.29) is 6.10 Å². The van der Waals surface area contributed by atoms with Crippen molar-refractivity contribution in [1.29, 1.82) is 0 Å². The van der Waals surface area contributed by atoms with Gasteiger partial charge in [-0.1, -0.05) is 30.3 Å². The summed E-state index contributed by atoms with van der Waals surface area (Å²) in [5.74, 6) is 0. The Morgan fingerprint density at radius 1 is 1.07 bits per heavy atom. The highest BCUT2D eigenvalue weighted by Gasteiger charge is 2.17. The van der Waals surface area contributed by atoms with E-state index in [4.69, 9.17) is 0 Å². The molecule has 0 spiro atoms. The van der Waals surface area contributed by atoms with Crippen LogP contribution in [0.3, 0.4) is 0 Å². The molecule has 1 aromatic rings. The van der Waals surface area contributed by atoms with Gasteiger partial charge in [0.05, 0.1) is 12.1 Å². The van der Waals surface area contributed by atoms with Crippen LogP contribution in [0.2, 0.25) is 0 Å². The van der Waals surface area contributed by atoms with Gasteiger partial charge in [0.2, 0.25) is 0 Å². The van der Waals surface area contributed by atoms with Gasteiger partial charge in [-0.05, 0) is 31.2 Å². The molecule has 1 aromatic carbocycles. The molecule has 0 radical (unpaired) electrons. The Labute approximate surface area is 90.7 Å². The van der Waals surface area contributed by atoms with E-state index in [0.29, 0.717) is 6.04 Å². The van der Waals surface area contributed by atoms with Gasteiger partial charge in [-0.3, -0.25) is 4.99 Å². The number of aliphatic hydroxyl groups is 1. The van der Waals surface area contributed by atoms with Crippen LogP contribution in [0.4, 0.5) is 0 Å². The van der Waals surface area contributed by atoms with Crippen LogP contribution in [0.5, 0.6) is 0 Å². The summed E-state index contributed by atoms with van der Waals surface area (Å²) >= 11 is 0. The number of benzene rings is 1. The van der Waals surface area contributed by atoms with Crippen LogP contribution in [-0.2, 0) is 0 Å². The molecule has 0 heterocycles. The second-order valence-electron chi connectivity index (χ2n) is 4.15. The van der Waals surface area contributed by atoms with Crippen LogP contribution in [-0.4, -0.2) is 23.5 Å². The molecule has 1 aliphatic rings. The minimum Gasteiger partial charge on any atom is -0.393 e. The smallest absolute Gasteiger partial charge is 0.0541 e. The number of hydrogen-bond acceptors (Lipinski definition) is 2. The summed E-state index contributed by atoms with van der Waals surface area (Å²) in [5, 5.41) is 9.36. The average molecular weight is 203 g/mol. The van der Waals surface area contributed by atoms with Gasteiger partial charge in [-0.15, -0.1) is 0 Å². The average Bonchev–Trinajstić information content (AvgIpc) is 2.30. The second kappa shape index (κ2) is 5.08. The summed E-state index contributed by atoms with van der Waals surface area (Å²) in [5.41, 5.74) is 1.16. The van der Waals surface area contributed by atoms with Crippen molar-refractivity contribution in [2.45, 2.75) is 37.8 Å². The van der Waals surface area contributed by atoms with E-state index < -0.39 is 0 Å². The first kappa shape index (κ1) is 10.4. The predicted molar refractivity (Wildman–Crippen MR) is 62.3 cm³/mol. The highest BCUT2D eigenvalue weighted by molar-refractivity contribution is 5.79. The predicted octanol–water partition coefficient (Wildman–Crippen LogP) is 2.41. The van der Waals surface area contributed by atoms with Crippen LogP contribution in [0.25, 0.3) is 0 Å². The van der Waals surface area contributed by atoms with E-state index in [2.05, 4.69) is 17.1 Å². The topological polar surface area (TPSA) is 32.6 Å². The molecule has 80 valence electrons. The number of nitrogens with zero attached hydrogens (tertiary/aromatic N) is 1. The number of aliphatic imine (C=N–C) groups is 1. The standard InChI is InChI=1S/C13H17NO/c15-13-8-6-12(7-9-13)14-10-11-4-2-1-3-5-11/h1-5,10,12-13,15H,6-9H2/b14-10+. The highest BCUT2D eigenvalue weighted by Crippen LogP contribution is 2.20. The van der Waals surface area contributed by atoms with Crippen LogP contribution in [0.1, 0.15) is 31.2 Å². The summed E-state index contributed by atoms with van der Waals surface area (Å²) < 4.78 is 0. The summed E-state index contributed by atoms with van der Waals surface area (Å²) in [6, 6.07) is 10.6. The van der Waals surface area contributed by atoms with Crippen LogP contribution in [0.15, 0.2) is 35.3 Å². The molecule has 0 aliphatic heterocycles. The molecular formula is C13H17NO. The van der Waals surface area contributed by atoms with Gasteiger partial charge in [-0.2, -0.15) is 0 Å². The summed E-state index contributed by atoms with van der Waals surface area (Å²) in [7, 11) is 0. The SMILES string of the molecule is OC1CCC(/N=C/c2ccccc2)CC1. The molecule has 0 amide bonds. The Kier molecular flexibility index (Phi) is 3.51.